The number of nitrogens with zero attached hydrogens (tertiary/aromatic N) is 4. The van der Waals surface area contributed by atoms with Crippen molar-refractivity contribution in [1.29, 1.82) is 0 Å². The Morgan fingerprint density at radius 3 is 2.62 bits per heavy atom. The normalized spacial score (nSPS) is 14.4. The molecule has 0 spiro atoms. The number of halogens is 1. The minimum absolute atomic E-state index is 0.266. The average Bonchev–Trinajstić information content (AvgIpc) is 3.54. The number of thioether (sulfide) groups is 1. The van der Waals surface area contributed by atoms with Crippen molar-refractivity contribution in [3.05, 3.63) is 126 Å². The third-order valence-electron chi connectivity index (χ3n) is 7.05. The molecule has 0 aliphatic carbocycles. The standard InChI is InChI=1S/C31H28FN5OS/c1-3-27-26-20-36(31(38)33-23-12-8-15-25(19-23)39-2)29(21-10-7-11-22(32)18-21)28-16-9-17-35(28)30(26)37(34-27)24-13-5-4-6-14-24/h4-19,29H,3,20H2,1-2H3,(H,33,38). The Morgan fingerprint density at radius 1 is 1.03 bits per heavy atom. The first-order valence-electron chi connectivity index (χ1n) is 12.9. The Hall–Kier alpha value is -4.30. The largest absolute Gasteiger partial charge is 0.322 e. The summed E-state index contributed by atoms with van der Waals surface area (Å²) in [6, 6.07) is 27.4. The number of rotatable bonds is 5. The number of amides is 2. The van der Waals surface area contributed by atoms with Gasteiger partial charge in [0.1, 0.15) is 11.6 Å². The van der Waals surface area contributed by atoms with Gasteiger partial charge in [-0.15, -0.1) is 11.8 Å². The first-order chi connectivity index (χ1) is 19.1. The van der Waals surface area contributed by atoms with Crippen molar-refractivity contribution in [2.45, 2.75) is 30.8 Å². The predicted octanol–water partition coefficient (Wildman–Crippen LogP) is 7.22. The molecule has 0 radical (unpaired) electrons. The summed E-state index contributed by atoms with van der Waals surface area (Å²) in [4.78, 5) is 16.9. The van der Waals surface area contributed by atoms with Crippen molar-refractivity contribution in [3.8, 4) is 11.5 Å². The quantitative estimate of drug-likeness (QED) is 0.241. The van der Waals surface area contributed by atoms with E-state index in [1.54, 1.807) is 22.7 Å². The molecule has 6 rings (SSSR count). The molecular formula is C31H28FN5OS. The van der Waals surface area contributed by atoms with Crippen molar-refractivity contribution in [1.82, 2.24) is 19.2 Å². The number of para-hydroxylation sites is 1. The number of carbonyl (C=O) groups is 1. The number of nitrogens with one attached hydrogen (secondary N) is 1. The SMILES string of the molecule is CCc1nn(-c2ccccc2)c2c1CN(C(=O)Nc1cccc(SC)c1)C(c1cccc(F)c1)c1cccn1-2. The highest BCUT2D eigenvalue weighted by Crippen LogP contribution is 2.39. The van der Waals surface area contributed by atoms with E-state index in [1.807, 2.05) is 89.9 Å². The lowest BCUT2D eigenvalue weighted by molar-refractivity contribution is 0.194. The lowest BCUT2D eigenvalue weighted by Gasteiger charge is -2.31. The van der Waals surface area contributed by atoms with Crippen LogP contribution in [0.4, 0.5) is 14.9 Å². The molecule has 2 aromatic heterocycles. The van der Waals surface area contributed by atoms with Crippen LogP contribution >= 0.6 is 11.8 Å². The third-order valence-corrected chi connectivity index (χ3v) is 7.78. The molecule has 3 heterocycles. The highest BCUT2D eigenvalue weighted by molar-refractivity contribution is 7.98. The molecule has 196 valence electrons. The smallest absolute Gasteiger partial charge is 0.308 e. The predicted molar refractivity (Wildman–Crippen MR) is 153 cm³/mol. The van der Waals surface area contributed by atoms with Gasteiger partial charge in [0.15, 0.2) is 0 Å². The highest BCUT2D eigenvalue weighted by Gasteiger charge is 2.36. The van der Waals surface area contributed by atoms with Gasteiger partial charge in [-0.3, -0.25) is 0 Å². The highest BCUT2D eigenvalue weighted by atomic mass is 32.2. The first kappa shape index (κ1) is 25.0. The van der Waals surface area contributed by atoms with E-state index in [2.05, 4.69) is 16.8 Å². The van der Waals surface area contributed by atoms with Crippen LogP contribution in [-0.2, 0) is 13.0 Å². The Morgan fingerprint density at radius 2 is 1.85 bits per heavy atom. The van der Waals surface area contributed by atoms with Gasteiger partial charge in [-0.25, -0.2) is 13.9 Å². The maximum atomic E-state index is 14.5. The summed E-state index contributed by atoms with van der Waals surface area (Å²) in [5.41, 5.74) is 5.07. The number of carbonyl (C=O) groups excluding carboxylic acids is 1. The average molecular weight is 538 g/mol. The fourth-order valence-electron chi connectivity index (χ4n) is 5.27. The summed E-state index contributed by atoms with van der Waals surface area (Å²) in [6.07, 6.45) is 4.70. The summed E-state index contributed by atoms with van der Waals surface area (Å²) in [5.74, 6) is 0.546. The number of hydrogen-bond donors (Lipinski definition) is 1. The number of aromatic nitrogens is 3. The summed E-state index contributed by atoms with van der Waals surface area (Å²) in [6.45, 7) is 2.38. The molecule has 39 heavy (non-hydrogen) atoms. The Kier molecular flexibility index (Phi) is 6.70. The van der Waals surface area contributed by atoms with Crippen LogP contribution in [0, 0.1) is 5.82 Å². The maximum Gasteiger partial charge on any atom is 0.322 e. The molecule has 1 unspecified atom stereocenters. The number of anilines is 1. The lowest BCUT2D eigenvalue weighted by atomic mass is 10.0. The van der Waals surface area contributed by atoms with Gasteiger partial charge in [-0.05, 0) is 72.8 Å². The fraction of sp³-hybridized carbons (Fsp3) is 0.161. The molecule has 5 aromatic rings. The minimum atomic E-state index is -0.527. The van der Waals surface area contributed by atoms with Crippen molar-refractivity contribution >= 4 is 23.5 Å². The number of aryl methyl sites for hydroxylation is 1. The summed E-state index contributed by atoms with van der Waals surface area (Å²) < 4.78 is 18.6. The molecule has 3 aromatic carbocycles. The van der Waals surface area contributed by atoms with Gasteiger partial charge in [0.2, 0.25) is 0 Å². The van der Waals surface area contributed by atoms with Crippen LogP contribution in [0.15, 0.2) is 102 Å². The number of benzene rings is 3. The van der Waals surface area contributed by atoms with Crippen molar-refractivity contribution in [2.75, 3.05) is 11.6 Å². The van der Waals surface area contributed by atoms with Crippen molar-refractivity contribution < 1.29 is 9.18 Å². The van der Waals surface area contributed by atoms with E-state index >= 15 is 0 Å². The van der Waals surface area contributed by atoms with E-state index in [9.17, 15) is 9.18 Å². The van der Waals surface area contributed by atoms with E-state index in [1.165, 1.54) is 12.1 Å². The van der Waals surface area contributed by atoms with Crippen molar-refractivity contribution in [3.63, 3.8) is 0 Å². The summed E-state index contributed by atoms with van der Waals surface area (Å²) in [5, 5.41) is 8.09. The summed E-state index contributed by atoms with van der Waals surface area (Å²) in [7, 11) is 0. The maximum absolute atomic E-state index is 14.5. The molecule has 2 amide bonds. The van der Waals surface area contributed by atoms with E-state index in [4.69, 9.17) is 5.10 Å². The lowest BCUT2D eigenvalue weighted by Crippen LogP contribution is -2.38. The van der Waals surface area contributed by atoms with Gasteiger partial charge < -0.3 is 14.8 Å². The second kappa shape index (κ2) is 10.5. The molecule has 1 atom stereocenters. The molecule has 0 fully saturated rings. The Bertz CT molecular complexity index is 1640. The first-order valence-corrected chi connectivity index (χ1v) is 14.1. The zero-order chi connectivity index (χ0) is 26.9. The van der Waals surface area contributed by atoms with Crippen LogP contribution in [0.3, 0.4) is 0 Å². The van der Waals surface area contributed by atoms with E-state index < -0.39 is 6.04 Å². The van der Waals surface area contributed by atoms with Gasteiger partial charge >= 0.3 is 6.03 Å². The second-order valence-electron chi connectivity index (χ2n) is 9.40. The third kappa shape index (κ3) is 4.61. The molecule has 6 nitrogen and oxygen atoms in total. The van der Waals surface area contributed by atoms with Crippen LogP contribution in [0.1, 0.15) is 35.5 Å². The van der Waals surface area contributed by atoms with E-state index in [0.29, 0.717) is 24.2 Å². The van der Waals surface area contributed by atoms with Crippen molar-refractivity contribution in [2.24, 2.45) is 0 Å². The zero-order valence-electron chi connectivity index (χ0n) is 21.7. The van der Waals surface area contributed by atoms with Gasteiger partial charge in [0, 0.05) is 22.3 Å². The molecular weight excluding hydrogens is 509 g/mol. The van der Waals surface area contributed by atoms with Crippen LogP contribution in [0.25, 0.3) is 11.5 Å². The van der Waals surface area contributed by atoms with Crippen LogP contribution in [-0.4, -0.2) is 31.5 Å². The number of hydrogen-bond acceptors (Lipinski definition) is 3. The zero-order valence-corrected chi connectivity index (χ0v) is 22.5. The Balaban J connectivity index is 1.54. The molecule has 1 N–H and O–H groups in total. The molecule has 0 saturated heterocycles. The number of fused-ring (bicyclic) bond motifs is 3. The molecule has 8 heteroatoms. The van der Waals surface area contributed by atoms with Gasteiger partial charge in [-0.1, -0.05) is 43.3 Å². The molecule has 0 bridgehead atoms. The fourth-order valence-corrected chi connectivity index (χ4v) is 5.73. The van der Waals surface area contributed by atoms with Crippen LogP contribution < -0.4 is 5.32 Å². The summed E-state index contributed by atoms with van der Waals surface area (Å²) >= 11 is 1.62. The second-order valence-corrected chi connectivity index (χ2v) is 10.3. The minimum Gasteiger partial charge on any atom is -0.308 e. The van der Waals surface area contributed by atoms with E-state index in [0.717, 1.165) is 33.4 Å². The monoisotopic (exact) mass is 537 g/mol. The molecule has 1 aliphatic heterocycles. The molecule has 1 aliphatic rings. The number of urea groups is 1. The van der Waals surface area contributed by atoms with Crippen LogP contribution in [0.5, 0.6) is 0 Å². The molecule has 0 saturated carbocycles. The van der Waals surface area contributed by atoms with Crippen LogP contribution in [0.2, 0.25) is 0 Å². The van der Waals surface area contributed by atoms with Gasteiger partial charge in [0.25, 0.3) is 0 Å². The van der Waals surface area contributed by atoms with Gasteiger partial charge in [-0.2, -0.15) is 5.10 Å². The van der Waals surface area contributed by atoms with E-state index in [-0.39, 0.29) is 11.8 Å². The topological polar surface area (TPSA) is 55.1 Å². The Labute approximate surface area is 231 Å². The van der Waals surface area contributed by atoms with Gasteiger partial charge in [0.05, 0.1) is 29.7 Å².